The molecular weight excluding hydrogens is 292 g/mol. The van der Waals surface area contributed by atoms with Gasteiger partial charge in [0.1, 0.15) is 17.4 Å². The van der Waals surface area contributed by atoms with Crippen LogP contribution in [0.5, 0.6) is 5.75 Å². The minimum atomic E-state index is -2.86. The van der Waals surface area contributed by atoms with Crippen molar-refractivity contribution >= 4 is 12.2 Å². The average molecular weight is 303 g/mol. The van der Waals surface area contributed by atoms with Crippen molar-refractivity contribution < 1.29 is 13.5 Å². The highest BCUT2D eigenvalue weighted by molar-refractivity contribution is 5.70. The first-order chi connectivity index (χ1) is 10.5. The van der Waals surface area contributed by atoms with Crippen LogP contribution in [-0.2, 0) is 0 Å². The molecule has 1 aromatic heterocycles. The van der Waals surface area contributed by atoms with Gasteiger partial charge in [-0.2, -0.15) is 19.1 Å². The standard InChI is InChI=1S/C15H11F2N3O2/c1-9-12(8-18)14(21)20-19-13(9)7-4-10-2-5-11(6-3-10)22-15(16)17/h2-7,15H,1H3,(H,20,21)/b7-4+. The molecule has 0 spiro atoms. The molecule has 0 amide bonds. The number of aromatic nitrogens is 2. The summed E-state index contributed by atoms with van der Waals surface area (Å²) in [7, 11) is 0. The third-order valence-electron chi connectivity index (χ3n) is 2.91. The number of hydrogen-bond donors (Lipinski definition) is 1. The monoisotopic (exact) mass is 303 g/mol. The minimum Gasteiger partial charge on any atom is -0.435 e. The lowest BCUT2D eigenvalue weighted by Gasteiger charge is -2.04. The number of halogens is 2. The summed E-state index contributed by atoms with van der Waals surface area (Å²) in [5, 5.41) is 15.0. The van der Waals surface area contributed by atoms with E-state index in [2.05, 4.69) is 14.9 Å². The summed E-state index contributed by atoms with van der Waals surface area (Å²) in [5.41, 5.74) is 1.12. The zero-order valence-electron chi connectivity index (χ0n) is 11.5. The number of aromatic amines is 1. The van der Waals surface area contributed by atoms with E-state index in [1.165, 1.54) is 12.1 Å². The van der Waals surface area contributed by atoms with Crippen LogP contribution in [0.1, 0.15) is 22.4 Å². The smallest absolute Gasteiger partial charge is 0.387 e. The van der Waals surface area contributed by atoms with Gasteiger partial charge in [0.25, 0.3) is 5.56 Å². The molecule has 0 bridgehead atoms. The van der Waals surface area contributed by atoms with Crippen LogP contribution in [0.25, 0.3) is 12.2 Å². The van der Waals surface area contributed by atoms with E-state index in [1.54, 1.807) is 31.2 Å². The molecule has 1 heterocycles. The Hall–Kier alpha value is -3.01. The van der Waals surface area contributed by atoms with E-state index in [0.29, 0.717) is 11.3 Å². The molecule has 0 atom stereocenters. The Bertz CT molecular complexity index is 790. The van der Waals surface area contributed by atoms with Gasteiger partial charge in [-0.1, -0.05) is 18.2 Å². The van der Waals surface area contributed by atoms with Gasteiger partial charge < -0.3 is 4.74 Å². The van der Waals surface area contributed by atoms with E-state index in [0.717, 1.165) is 5.56 Å². The van der Waals surface area contributed by atoms with Gasteiger partial charge in [-0.15, -0.1) is 0 Å². The third-order valence-corrected chi connectivity index (χ3v) is 2.91. The third kappa shape index (κ3) is 3.55. The van der Waals surface area contributed by atoms with Gasteiger partial charge in [0.05, 0.1) is 5.69 Å². The summed E-state index contributed by atoms with van der Waals surface area (Å²) in [6.45, 7) is -1.24. The first kappa shape index (κ1) is 15.4. The number of H-pyrrole nitrogens is 1. The molecule has 0 fully saturated rings. The van der Waals surface area contributed by atoms with Crippen molar-refractivity contribution in [3.8, 4) is 11.8 Å². The van der Waals surface area contributed by atoms with E-state index >= 15 is 0 Å². The Morgan fingerprint density at radius 1 is 1.32 bits per heavy atom. The van der Waals surface area contributed by atoms with Gasteiger partial charge in [-0.25, -0.2) is 5.10 Å². The lowest BCUT2D eigenvalue weighted by molar-refractivity contribution is -0.0498. The fourth-order valence-electron chi connectivity index (χ4n) is 1.78. The van der Waals surface area contributed by atoms with E-state index < -0.39 is 12.2 Å². The molecule has 22 heavy (non-hydrogen) atoms. The van der Waals surface area contributed by atoms with Crippen molar-refractivity contribution in [2.24, 2.45) is 0 Å². The zero-order chi connectivity index (χ0) is 16.1. The van der Waals surface area contributed by atoms with Crippen molar-refractivity contribution in [2.75, 3.05) is 0 Å². The topological polar surface area (TPSA) is 78.8 Å². The Morgan fingerprint density at radius 3 is 2.59 bits per heavy atom. The van der Waals surface area contributed by atoms with Crippen LogP contribution in [0.2, 0.25) is 0 Å². The fraction of sp³-hybridized carbons (Fsp3) is 0.133. The molecule has 0 saturated carbocycles. The Kier molecular flexibility index (Phi) is 4.63. The molecule has 2 rings (SSSR count). The summed E-state index contributed by atoms with van der Waals surface area (Å²) in [6, 6.07) is 7.85. The maximum Gasteiger partial charge on any atom is 0.387 e. The van der Waals surface area contributed by atoms with E-state index in [1.807, 2.05) is 6.07 Å². The van der Waals surface area contributed by atoms with Crippen molar-refractivity contribution in [1.82, 2.24) is 10.2 Å². The number of ether oxygens (including phenoxy) is 1. The maximum atomic E-state index is 12.0. The number of nitrogens with zero attached hydrogens (tertiary/aromatic N) is 2. The highest BCUT2D eigenvalue weighted by atomic mass is 19.3. The number of hydrogen-bond acceptors (Lipinski definition) is 4. The van der Waals surface area contributed by atoms with Crippen molar-refractivity contribution in [3.63, 3.8) is 0 Å². The minimum absolute atomic E-state index is 0.00957. The van der Waals surface area contributed by atoms with Crippen molar-refractivity contribution in [3.05, 3.63) is 57.0 Å². The van der Waals surface area contributed by atoms with Crippen molar-refractivity contribution in [2.45, 2.75) is 13.5 Å². The second-order valence-corrected chi connectivity index (χ2v) is 4.33. The molecule has 7 heteroatoms. The van der Waals surface area contributed by atoms with Gasteiger partial charge >= 0.3 is 6.61 Å². The quantitative estimate of drug-likeness (QED) is 0.942. The Morgan fingerprint density at radius 2 is 2.00 bits per heavy atom. The highest BCUT2D eigenvalue weighted by Gasteiger charge is 2.07. The fourth-order valence-corrected chi connectivity index (χ4v) is 1.78. The summed E-state index contributed by atoms with van der Waals surface area (Å²) in [5.74, 6) is 0.0669. The predicted molar refractivity (Wildman–Crippen MR) is 76.3 cm³/mol. The number of nitrogens with one attached hydrogen (secondary N) is 1. The van der Waals surface area contributed by atoms with E-state index in [9.17, 15) is 13.6 Å². The van der Waals surface area contributed by atoms with Gasteiger partial charge in [0, 0.05) is 0 Å². The molecule has 0 aliphatic heterocycles. The first-order valence-corrected chi connectivity index (χ1v) is 6.23. The first-order valence-electron chi connectivity index (χ1n) is 6.23. The van der Waals surface area contributed by atoms with Crippen LogP contribution in [0.4, 0.5) is 8.78 Å². The van der Waals surface area contributed by atoms with E-state index in [4.69, 9.17) is 5.26 Å². The van der Waals surface area contributed by atoms with Gasteiger partial charge in [-0.05, 0) is 36.3 Å². The lowest BCUT2D eigenvalue weighted by atomic mass is 10.1. The van der Waals surface area contributed by atoms with Crippen LogP contribution in [0.3, 0.4) is 0 Å². The normalized spacial score (nSPS) is 10.9. The molecule has 112 valence electrons. The molecule has 0 aliphatic carbocycles. The van der Waals surface area contributed by atoms with Gasteiger partial charge in [0.15, 0.2) is 0 Å². The molecule has 0 aliphatic rings. The molecule has 0 radical (unpaired) electrons. The Balaban J connectivity index is 2.22. The van der Waals surface area contributed by atoms with Crippen LogP contribution < -0.4 is 10.3 Å². The Labute approximate surface area is 124 Å². The summed E-state index contributed by atoms with van der Waals surface area (Å²) in [4.78, 5) is 11.4. The SMILES string of the molecule is Cc1c(/C=C/c2ccc(OC(F)F)cc2)n[nH]c(=O)c1C#N. The highest BCUT2D eigenvalue weighted by Crippen LogP contribution is 2.17. The van der Waals surface area contributed by atoms with Crippen LogP contribution in [0.15, 0.2) is 29.1 Å². The molecule has 1 aromatic carbocycles. The second-order valence-electron chi connectivity index (χ2n) is 4.33. The summed E-state index contributed by atoms with van der Waals surface area (Å²) < 4.78 is 28.3. The lowest BCUT2D eigenvalue weighted by Crippen LogP contribution is -2.15. The maximum absolute atomic E-state index is 12.0. The number of nitriles is 1. The summed E-state index contributed by atoms with van der Waals surface area (Å²) >= 11 is 0. The van der Waals surface area contributed by atoms with Crippen molar-refractivity contribution in [1.29, 1.82) is 5.26 Å². The van der Waals surface area contributed by atoms with Crippen LogP contribution >= 0.6 is 0 Å². The molecular formula is C15H11F2N3O2. The summed E-state index contributed by atoms with van der Waals surface area (Å²) in [6.07, 6.45) is 3.30. The molecule has 0 unspecified atom stereocenters. The largest absolute Gasteiger partial charge is 0.435 e. The molecule has 1 N–H and O–H groups in total. The number of benzene rings is 1. The van der Waals surface area contributed by atoms with Crippen LogP contribution in [0, 0.1) is 18.3 Å². The molecule has 0 saturated heterocycles. The van der Waals surface area contributed by atoms with Crippen LogP contribution in [-0.4, -0.2) is 16.8 Å². The molecule has 5 nitrogen and oxygen atoms in total. The zero-order valence-corrected chi connectivity index (χ0v) is 11.5. The van der Waals surface area contributed by atoms with Gasteiger partial charge in [-0.3, -0.25) is 4.79 Å². The predicted octanol–water partition coefficient (Wildman–Crippen LogP) is 2.72. The number of rotatable bonds is 4. The molecule has 2 aromatic rings. The van der Waals surface area contributed by atoms with E-state index in [-0.39, 0.29) is 11.3 Å². The number of alkyl halides is 2. The second kappa shape index (κ2) is 6.63. The van der Waals surface area contributed by atoms with Gasteiger partial charge in [0.2, 0.25) is 0 Å². The average Bonchev–Trinajstić information content (AvgIpc) is 2.48.